The molecule has 242 valence electrons. The molecule has 4 rings (SSSR count). The highest BCUT2D eigenvalue weighted by atomic mass is 32.2. The highest BCUT2D eigenvalue weighted by Gasteiger charge is 2.20. The van der Waals surface area contributed by atoms with Crippen molar-refractivity contribution < 1.29 is 35.8 Å². The summed E-state index contributed by atoms with van der Waals surface area (Å²) in [6, 6.07) is 24.9. The zero-order valence-electron chi connectivity index (χ0n) is 26.7. The summed E-state index contributed by atoms with van der Waals surface area (Å²) >= 11 is 0. The first-order chi connectivity index (χ1) is 21.5. The van der Waals surface area contributed by atoms with Crippen molar-refractivity contribution >= 4 is 19.7 Å². The summed E-state index contributed by atoms with van der Waals surface area (Å²) in [6.45, 7) is 11.7. The number of rotatable bonds is 10. The van der Waals surface area contributed by atoms with E-state index in [2.05, 4.69) is 11.8 Å². The SMILES string of the molecule is CC(C)(C)Oc1ccc(S(=O)(=O)c2ccc(OCC#CCOc3ccc(S(=O)(=O)c4ccc(OC(C)(C)C)cc4)cc3)cc2)cc1. The van der Waals surface area contributed by atoms with Crippen molar-refractivity contribution in [2.24, 2.45) is 0 Å². The lowest BCUT2D eigenvalue weighted by atomic mass is 10.2. The van der Waals surface area contributed by atoms with Crippen molar-refractivity contribution in [1.82, 2.24) is 0 Å². The quantitative estimate of drug-likeness (QED) is 0.165. The molecule has 10 heteroatoms. The van der Waals surface area contributed by atoms with E-state index < -0.39 is 19.7 Å². The molecule has 0 atom stereocenters. The van der Waals surface area contributed by atoms with Crippen molar-refractivity contribution in [1.29, 1.82) is 0 Å². The lowest BCUT2D eigenvalue weighted by Gasteiger charge is -2.21. The van der Waals surface area contributed by atoms with E-state index in [-0.39, 0.29) is 44.0 Å². The molecule has 4 aromatic carbocycles. The Balaban J connectivity index is 1.25. The molecule has 0 N–H and O–H groups in total. The van der Waals surface area contributed by atoms with E-state index in [4.69, 9.17) is 18.9 Å². The molecule has 0 spiro atoms. The molecule has 0 saturated carbocycles. The van der Waals surface area contributed by atoms with Gasteiger partial charge in [-0.2, -0.15) is 0 Å². The zero-order valence-corrected chi connectivity index (χ0v) is 28.4. The normalized spacial score (nSPS) is 12.0. The summed E-state index contributed by atoms with van der Waals surface area (Å²) in [5, 5.41) is 0. The van der Waals surface area contributed by atoms with Crippen LogP contribution in [0.25, 0.3) is 0 Å². The van der Waals surface area contributed by atoms with Crippen LogP contribution in [0, 0.1) is 11.8 Å². The van der Waals surface area contributed by atoms with Crippen molar-refractivity contribution in [3.8, 4) is 34.8 Å². The summed E-state index contributed by atoms with van der Waals surface area (Å²) in [5.74, 6) is 7.80. The van der Waals surface area contributed by atoms with Crippen LogP contribution in [-0.4, -0.2) is 41.3 Å². The second kappa shape index (κ2) is 13.9. The van der Waals surface area contributed by atoms with Crippen LogP contribution in [0.1, 0.15) is 41.5 Å². The van der Waals surface area contributed by atoms with Crippen LogP contribution >= 0.6 is 0 Å². The molecule has 0 heterocycles. The molecule has 0 saturated heterocycles. The first kappa shape index (κ1) is 34.4. The Morgan fingerprint density at radius 3 is 0.913 bits per heavy atom. The van der Waals surface area contributed by atoms with Gasteiger partial charge in [-0.25, -0.2) is 16.8 Å². The Kier molecular flexibility index (Phi) is 10.4. The monoisotopic (exact) mass is 662 g/mol. The average molecular weight is 663 g/mol. The van der Waals surface area contributed by atoms with Gasteiger partial charge < -0.3 is 18.9 Å². The lowest BCUT2D eigenvalue weighted by Crippen LogP contribution is -2.22. The van der Waals surface area contributed by atoms with Crippen LogP contribution < -0.4 is 18.9 Å². The van der Waals surface area contributed by atoms with E-state index in [1.54, 1.807) is 48.5 Å². The van der Waals surface area contributed by atoms with Gasteiger partial charge in [-0.05, 0) is 139 Å². The fourth-order valence-corrected chi connectivity index (χ4v) is 6.65. The van der Waals surface area contributed by atoms with E-state index >= 15 is 0 Å². The van der Waals surface area contributed by atoms with Gasteiger partial charge in [0.25, 0.3) is 0 Å². The second-order valence-electron chi connectivity index (χ2n) is 12.3. The third-order valence-electron chi connectivity index (χ3n) is 6.13. The average Bonchev–Trinajstić information content (AvgIpc) is 2.98. The van der Waals surface area contributed by atoms with Gasteiger partial charge in [-0.3, -0.25) is 0 Å². The molecule has 4 aromatic rings. The molecule has 0 radical (unpaired) electrons. The van der Waals surface area contributed by atoms with Crippen molar-refractivity contribution in [2.45, 2.75) is 72.3 Å². The second-order valence-corrected chi connectivity index (χ2v) is 16.2. The van der Waals surface area contributed by atoms with Gasteiger partial charge >= 0.3 is 0 Å². The van der Waals surface area contributed by atoms with Gasteiger partial charge in [0.2, 0.25) is 19.7 Å². The molecule has 0 unspecified atom stereocenters. The molecular weight excluding hydrogens is 625 g/mol. The Bertz CT molecular complexity index is 1750. The maximum atomic E-state index is 13.0. The minimum atomic E-state index is -3.70. The highest BCUT2D eigenvalue weighted by molar-refractivity contribution is 7.91. The van der Waals surface area contributed by atoms with Crippen LogP contribution in [0.3, 0.4) is 0 Å². The van der Waals surface area contributed by atoms with Crippen molar-refractivity contribution in [3.05, 3.63) is 97.1 Å². The molecular formula is C36H38O8S2. The summed E-state index contributed by atoms with van der Waals surface area (Å²) in [7, 11) is -7.40. The van der Waals surface area contributed by atoms with Crippen LogP contribution in [0.4, 0.5) is 0 Å². The van der Waals surface area contributed by atoms with Gasteiger partial charge in [-0.15, -0.1) is 0 Å². The standard InChI is InChI=1S/C36H38O8S2/c1-35(2,3)43-29-13-21-33(22-14-29)45(37,38)31-17-9-27(10-18-31)41-25-7-8-26-42-28-11-19-32(20-12-28)46(39,40)34-23-15-30(16-24-34)44-36(4,5)6/h9-24H,25-26H2,1-6H3. The van der Waals surface area contributed by atoms with Crippen LogP contribution in [0.15, 0.2) is 117 Å². The Hall–Kier alpha value is -4.46. The van der Waals surface area contributed by atoms with Crippen LogP contribution in [0.2, 0.25) is 0 Å². The predicted octanol–water partition coefficient (Wildman–Crippen LogP) is 7.17. The number of benzene rings is 4. The molecule has 0 aliphatic heterocycles. The molecule has 0 fully saturated rings. The molecule has 46 heavy (non-hydrogen) atoms. The van der Waals surface area contributed by atoms with Crippen molar-refractivity contribution in [2.75, 3.05) is 13.2 Å². The maximum Gasteiger partial charge on any atom is 0.206 e. The van der Waals surface area contributed by atoms with Crippen LogP contribution in [0.5, 0.6) is 23.0 Å². The molecule has 0 aliphatic rings. The number of ether oxygens (including phenoxy) is 4. The Labute approximate surface area is 272 Å². The largest absolute Gasteiger partial charge is 0.488 e. The summed E-state index contributed by atoms with van der Waals surface area (Å²) in [5.41, 5.74) is -0.768. The van der Waals surface area contributed by atoms with E-state index in [1.165, 1.54) is 48.5 Å². The van der Waals surface area contributed by atoms with Gasteiger partial charge in [0.15, 0.2) is 0 Å². The van der Waals surface area contributed by atoms with E-state index in [9.17, 15) is 16.8 Å². The highest BCUT2D eigenvalue weighted by Crippen LogP contribution is 2.28. The fraction of sp³-hybridized carbons (Fsp3) is 0.278. The lowest BCUT2D eigenvalue weighted by molar-refractivity contribution is 0.130. The molecule has 0 aliphatic carbocycles. The minimum absolute atomic E-state index is 0.0709. The fourth-order valence-electron chi connectivity index (χ4n) is 4.12. The number of hydrogen-bond acceptors (Lipinski definition) is 8. The van der Waals surface area contributed by atoms with E-state index in [0.29, 0.717) is 23.0 Å². The van der Waals surface area contributed by atoms with Gasteiger partial charge in [-0.1, -0.05) is 11.8 Å². The molecule has 8 nitrogen and oxygen atoms in total. The summed E-state index contributed by atoms with van der Waals surface area (Å²) in [4.78, 5) is 0.625. The van der Waals surface area contributed by atoms with Crippen LogP contribution in [-0.2, 0) is 19.7 Å². The van der Waals surface area contributed by atoms with E-state index in [0.717, 1.165) is 0 Å². The predicted molar refractivity (Wildman–Crippen MR) is 176 cm³/mol. The molecule has 0 amide bonds. The number of hydrogen-bond donors (Lipinski definition) is 0. The smallest absolute Gasteiger partial charge is 0.206 e. The first-order valence-electron chi connectivity index (χ1n) is 14.5. The van der Waals surface area contributed by atoms with Gasteiger partial charge in [0, 0.05) is 0 Å². The third kappa shape index (κ3) is 9.52. The van der Waals surface area contributed by atoms with Gasteiger partial charge in [0.05, 0.1) is 19.6 Å². The molecule has 0 aromatic heterocycles. The number of sulfone groups is 2. The Morgan fingerprint density at radius 1 is 0.435 bits per heavy atom. The summed E-state index contributed by atoms with van der Waals surface area (Å²) < 4.78 is 74.8. The van der Waals surface area contributed by atoms with Crippen molar-refractivity contribution in [3.63, 3.8) is 0 Å². The topological polar surface area (TPSA) is 105 Å². The third-order valence-corrected chi connectivity index (χ3v) is 9.70. The Morgan fingerprint density at radius 2 is 0.674 bits per heavy atom. The van der Waals surface area contributed by atoms with E-state index in [1.807, 2.05) is 41.5 Å². The maximum absolute atomic E-state index is 13.0. The molecule has 0 bridgehead atoms. The first-order valence-corrected chi connectivity index (χ1v) is 17.5. The van der Waals surface area contributed by atoms with Gasteiger partial charge in [0.1, 0.15) is 47.4 Å². The zero-order chi connectivity index (χ0) is 33.6. The summed E-state index contributed by atoms with van der Waals surface area (Å²) in [6.07, 6.45) is 0. The minimum Gasteiger partial charge on any atom is -0.488 e.